The molecule has 6 rings (SSSR count). The summed E-state index contributed by atoms with van der Waals surface area (Å²) in [5.74, 6) is -5.51. The van der Waals surface area contributed by atoms with E-state index in [0.717, 1.165) is 0 Å². The number of alkyl halides is 6. The van der Waals surface area contributed by atoms with Crippen LogP contribution in [0.2, 0.25) is 0 Å². The minimum atomic E-state index is -5.08. The Hall–Kier alpha value is -4.94. The molecule has 6 aromatic carbocycles. The number of carboxylic acid groups (broad SMARTS) is 2. The third-order valence-corrected chi connectivity index (χ3v) is 12.3. The Morgan fingerprint density at radius 3 is 0.582 bits per heavy atom. The molecule has 0 saturated heterocycles. The van der Waals surface area contributed by atoms with Gasteiger partial charge in [-0.15, -0.1) is 0 Å². The first-order chi connectivity index (χ1) is 25.8. The molecule has 5 nitrogen and oxygen atoms in total. The van der Waals surface area contributed by atoms with Crippen LogP contribution in [0.4, 0.5) is 26.3 Å². The maximum atomic E-state index is 10.6. The molecule has 286 valence electrons. The minimum Gasteiger partial charge on any atom is -0.0620 e. The standard InChI is InChI=1S/2C18H15P.2C2HF3O2.CO.Ru/c2*1-4-10-16(11-5-1)19(17-12-6-2-7-13-17)18-14-8-3-9-15-18;2*3-2(4,5)1(6)7;1-2;/h2*1-15H;2*(H,6,7);;/p+2. The van der Waals surface area contributed by atoms with Crippen molar-refractivity contribution in [2.45, 2.75) is 12.4 Å². The molecule has 55 heavy (non-hydrogen) atoms. The van der Waals surface area contributed by atoms with E-state index in [1.807, 2.05) is 0 Å². The van der Waals surface area contributed by atoms with Crippen molar-refractivity contribution >= 4 is 59.6 Å². The van der Waals surface area contributed by atoms with Gasteiger partial charge < -0.3 is 10.2 Å². The summed E-state index contributed by atoms with van der Waals surface area (Å²) in [5.41, 5.74) is 0. The number of benzene rings is 6. The van der Waals surface area contributed by atoms with Gasteiger partial charge in [-0.05, 0) is 72.8 Å². The third kappa shape index (κ3) is 17.4. The molecule has 0 spiro atoms. The summed E-state index contributed by atoms with van der Waals surface area (Å²) < 4.78 is 71.0. The van der Waals surface area contributed by atoms with Crippen molar-refractivity contribution in [3.8, 4) is 0 Å². The summed E-state index contributed by atoms with van der Waals surface area (Å²) >= 11 is 0. The monoisotopic (exact) mass is 884 g/mol. The first kappa shape index (κ1) is 48.1. The Balaban J connectivity index is 0.000000395. The quantitative estimate of drug-likeness (QED) is 0.0594. The average molecular weight is 884 g/mol. The van der Waals surface area contributed by atoms with Crippen molar-refractivity contribution in [1.82, 2.24) is 0 Å². The third-order valence-electron chi connectivity index (χ3n) is 6.86. The Morgan fingerprint density at radius 2 is 0.491 bits per heavy atom. The Labute approximate surface area is 329 Å². The molecular formula is C41H34F6O5P2Ru+2. The summed E-state index contributed by atoms with van der Waals surface area (Å²) in [6, 6.07) is 65.0. The Bertz CT molecular complexity index is 1630. The van der Waals surface area contributed by atoms with Crippen LogP contribution in [0.1, 0.15) is 0 Å². The van der Waals surface area contributed by atoms with Crippen LogP contribution in [-0.4, -0.2) is 34.5 Å². The van der Waals surface area contributed by atoms with Crippen LogP contribution in [0.5, 0.6) is 0 Å². The maximum absolute atomic E-state index is 10.6. The second kappa shape index (κ2) is 25.2. The van der Waals surface area contributed by atoms with E-state index in [4.69, 9.17) is 24.5 Å². The number of carboxylic acids is 2. The van der Waals surface area contributed by atoms with Gasteiger partial charge in [0, 0.05) is 19.5 Å². The largest absolute Gasteiger partial charge is 0.102 e. The molecule has 6 aromatic rings. The van der Waals surface area contributed by atoms with Crippen molar-refractivity contribution in [2.75, 3.05) is 0 Å². The number of halogens is 6. The van der Waals surface area contributed by atoms with Crippen LogP contribution in [0, 0.1) is 6.65 Å². The molecule has 0 radical (unpaired) electrons. The smallest absolute Gasteiger partial charge is 0.0620 e. The van der Waals surface area contributed by atoms with Crippen molar-refractivity contribution in [1.29, 1.82) is 0 Å². The van der Waals surface area contributed by atoms with E-state index in [9.17, 15) is 26.3 Å². The Kier molecular flexibility index (Phi) is 22.0. The van der Waals surface area contributed by atoms with E-state index >= 15 is 0 Å². The van der Waals surface area contributed by atoms with E-state index in [1.54, 1.807) is 0 Å². The molecule has 0 bridgehead atoms. The molecule has 0 aromatic heterocycles. The second-order valence-electron chi connectivity index (χ2n) is 10.6. The molecule has 0 fully saturated rings. The van der Waals surface area contributed by atoms with Gasteiger partial charge in [0.15, 0.2) is 0 Å². The maximum Gasteiger partial charge on any atom is 0.102 e. The first-order valence-electron chi connectivity index (χ1n) is 15.7. The van der Waals surface area contributed by atoms with Crippen molar-refractivity contribution < 1.29 is 70.3 Å². The van der Waals surface area contributed by atoms with E-state index in [0.29, 0.717) is 0 Å². The average Bonchev–Trinajstić information content (AvgIpc) is 3.18. The molecule has 0 unspecified atom stereocenters. The van der Waals surface area contributed by atoms with Gasteiger partial charge in [0.25, 0.3) is 0 Å². The summed E-state index contributed by atoms with van der Waals surface area (Å²) in [6.45, 7) is 4.50. The molecule has 0 aliphatic rings. The van der Waals surface area contributed by atoms with E-state index in [1.165, 1.54) is 31.8 Å². The topological polar surface area (TPSA) is 94.5 Å². The van der Waals surface area contributed by atoms with Crippen molar-refractivity contribution in [3.05, 3.63) is 189 Å². The normalized spacial score (nSPS) is 10.2. The zero-order valence-electron chi connectivity index (χ0n) is 28.6. The van der Waals surface area contributed by atoms with Gasteiger partial charge in [0.1, 0.15) is 31.8 Å². The number of hydrogen-bond donors (Lipinski definition) is 2. The van der Waals surface area contributed by atoms with E-state index in [2.05, 4.69) is 189 Å². The molecule has 2 N–H and O–H groups in total. The summed E-state index contributed by atoms with van der Waals surface area (Å²) in [7, 11) is -1.75. The Morgan fingerprint density at radius 1 is 0.382 bits per heavy atom. The fraction of sp³-hybridized carbons (Fsp3) is 0.0488. The fourth-order valence-corrected chi connectivity index (χ4v) is 9.78. The molecule has 0 amide bonds. The van der Waals surface area contributed by atoms with Gasteiger partial charge in [-0.3, -0.25) is 0 Å². The van der Waals surface area contributed by atoms with Gasteiger partial charge in [0.2, 0.25) is 0 Å². The fourth-order valence-electron chi connectivity index (χ4n) is 4.63. The van der Waals surface area contributed by atoms with Crippen LogP contribution in [-0.2, 0) is 33.7 Å². The predicted molar refractivity (Wildman–Crippen MR) is 204 cm³/mol. The summed E-state index contributed by atoms with van der Waals surface area (Å²) in [6.07, 6.45) is -10.2. The van der Waals surface area contributed by atoms with Crippen LogP contribution in [0.15, 0.2) is 182 Å². The number of carbonyl (C=O) groups is 2. The second-order valence-corrected chi connectivity index (χ2v) is 15.5. The zero-order valence-corrected chi connectivity index (χ0v) is 32.3. The zero-order chi connectivity index (χ0) is 40.0. The van der Waals surface area contributed by atoms with E-state index < -0.39 is 40.1 Å². The number of aliphatic carboxylic acids is 2. The SMILES string of the molecule is O=C(O)C(F)(F)F.O=C(O)C(F)(F)F.[C-]#[O+].[Ru].c1ccc([PH+](c2ccccc2)c2ccccc2)cc1.c1ccc([PH+](c2ccccc2)c2ccccc2)cc1. The van der Waals surface area contributed by atoms with Crippen LogP contribution in [0.25, 0.3) is 0 Å². The number of rotatable bonds is 6. The van der Waals surface area contributed by atoms with Gasteiger partial charge in [-0.1, -0.05) is 109 Å². The minimum absolute atomic E-state index is 0. The van der Waals surface area contributed by atoms with Gasteiger partial charge in [-0.25, -0.2) is 9.59 Å². The molecule has 14 heteroatoms. The molecule has 0 heterocycles. The van der Waals surface area contributed by atoms with Gasteiger partial charge in [-0.2, -0.15) is 26.3 Å². The molecule has 0 aliphatic heterocycles. The summed E-state index contributed by atoms with van der Waals surface area (Å²) in [5, 5.41) is 22.9. The molecular weight excluding hydrogens is 849 g/mol. The molecule has 0 atom stereocenters. The van der Waals surface area contributed by atoms with Crippen LogP contribution < -0.4 is 31.8 Å². The van der Waals surface area contributed by atoms with Gasteiger partial charge >= 0.3 is 35.6 Å². The van der Waals surface area contributed by atoms with Crippen LogP contribution >= 0.6 is 15.8 Å². The molecule has 0 aliphatic carbocycles. The first-order valence-corrected chi connectivity index (χ1v) is 18.7. The van der Waals surface area contributed by atoms with Gasteiger partial charge in [0.05, 0.1) is 15.8 Å². The predicted octanol–water partition coefficient (Wildman–Crippen LogP) is 7.58. The number of hydrogen-bond acceptors (Lipinski definition) is 2. The van der Waals surface area contributed by atoms with Crippen LogP contribution in [0.3, 0.4) is 0 Å². The van der Waals surface area contributed by atoms with Crippen molar-refractivity contribution in [2.24, 2.45) is 0 Å². The van der Waals surface area contributed by atoms with Crippen molar-refractivity contribution in [3.63, 3.8) is 0 Å². The summed E-state index contributed by atoms with van der Waals surface area (Å²) in [4.78, 5) is 17.8. The molecule has 0 saturated carbocycles. The van der Waals surface area contributed by atoms with E-state index in [-0.39, 0.29) is 19.5 Å².